The fourth-order valence-electron chi connectivity index (χ4n) is 2.01. The van der Waals surface area contributed by atoms with Crippen LogP contribution in [0.5, 0.6) is 0 Å². The number of carbonyl (C=O) groups is 1. The van der Waals surface area contributed by atoms with Crippen LogP contribution in [-0.4, -0.2) is 23.0 Å². The molecule has 1 aromatic rings. The zero-order valence-electron chi connectivity index (χ0n) is 10.6. The molecule has 2 rings (SSSR count). The zero-order chi connectivity index (χ0) is 15.7. The van der Waals surface area contributed by atoms with Gasteiger partial charge in [-0.15, -0.1) is 0 Å². The molecule has 0 aliphatic carbocycles. The fraction of sp³-hybridized carbons (Fsp3) is 0.385. The molecule has 1 aromatic carbocycles. The standard InChI is InChI=1S/C13H10BrF3N2OS/c14-8-1-2-9(10(5-8)13(15,16)17)11(20)19-12(6-18)3-4-21-7-12/h1-2,5H,3-4,7H2,(H,19,20). The molecule has 1 amide bonds. The molecule has 112 valence electrons. The number of alkyl halides is 3. The molecule has 1 aliphatic rings. The van der Waals surface area contributed by atoms with E-state index in [0.717, 1.165) is 12.1 Å². The van der Waals surface area contributed by atoms with Gasteiger partial charge in [-0.3, -0.25) is 4.79 Å². The average molecular weight is 379 g/mol. The Hall–Kier alpha value is -1.20. The highest BCUT2D eigenvalue weighted by atomic mass is 79.9. The quantitative estimate of drug-likeness (QED) is 0.855. The minimum atomic E-state index is -4.64. The molecule has 0 aromatic heterocycles. The van der Waals surface area contributed by atoms with Crippen molar-refractivity contribution in [1.29, 1.82) is 5.26 Å². The van der Waals surface area contributed by atoms with Gasteiger partial charge in [0.1, 0.15) is 5.54 Å². The lowest BCUT2D eigenvalue weighted by molar-refractivity contribution is -0.138. The van der Waals surface area contributed by atoms with Crippen molar-refractivity contribution in [2.75, 3.05) is 11.5 Å². The van der Waals surface area contributed by atoms with E-state index in [9.17, 15) is 23.2 Å². The molecule has 1 aliphatic heterocycles. The van der Waals surface area contributed by atoms with Crippen molar-refractivity contribution in [2.45, 2.75) is 18.1 Å². The van der Waals surface area contributed by atoms with Crippen LogP contribution in [0.1, 0.15) is 22.3 Å². The second-order valence-electron chi connectivity index (χ2n) is 4.64. The van der Waals surface area contributed by atoms with Crippen LogP contribution in [0.3, 0.4) is 0 Å². The number of carbonyl (C=O) groups excluding carboxylic acids is 1. The van der Waals surface area contributed by atoms with Crippen molar-refractivity contribution in [3.63, 3.8) is 0 Å². The van der Waals surface area contributed by atoms with Crippen LogP contribution in [0.15, 0.2) is 22.7 Å². The molecule has 0 spiro atoms. The number of hydrogen-bond donors (Lipinski definition) is 1. The Labute approximate surface area is 132 Å². The third-order valence-electron chi connectivity index (χ3n) is 3.12. The van der Waals surface area contributed by atoms with Crippen LogP contribution in [0.25, 0.3) is 0 Å². The number of halogens is 4. The maximum absolute atomic E-state index is 13.0. The van der Waals surface area contributed by atoms with E-state index in [1.807, 2.05) is 6.07 Å². The minimum Gasteiger partial charge on any atom is -0.333 e. The summed E-state index contributed by atoms with van der Waals surface area (Å²) in [6.45, 7) is 0. The average Bonchev–Trinajstić information content (AvgIpc) is 2.86. The van der Waals surface area contributed by atoms with Gasteiger partial charge in [0.2, 0.25) is 0 Å². The van der Waals surface area contributed by atoms with Gasteiger partial charge in [0.05, 0.1) is 17.2 Å². The normalized spacial score (nSPS) is 21.9. The number of nitriles is 1. The summed E-state index contributed by atoms with van der Waals surface area (Å²) in [6, 6.07) is 5.34. The topological polar surface area (TPSA) is 52.9 Å². The number of hydrogen-bond acceptors (Lipinski definition) is 3. The van der Waals surface area contributed by atoms with Crippen LogP contribution in [-0.2, 0) is 6.18 Å². The van der Waals surface area contributed by atoms with E-state index in [-0.39, 0.29) is 4.47 Å². The molecule has 1 fully saturated rings. The highest BCUT2D eigenvalue weighted by Crippen LogP contribution is 2.34. The molecule has 1 heterocycles. The fourth-order valence-corrected chi connectivity index (χ4v) is 3.64. The van der Waals surface area contributed by atoms with Crippen molar-refractivity contribution in [2.24, 2.45) is 0 Å². The largest absolute Gasteiger partial charge is 0.417 e. The van der Waals surface area contributed by atoms with Gasteiger partial charge in [-0.25, -0.2) is 0 Å². The van der Waals surface area contributed by atoms with Crippen molar-refractivity contribution < 1.29 is 18.0 Å². The Balaban J connectivity index is 2.34. The highest BCUT2D eigenvalue weighted by molar-refractivity contribution is 9.10. The van der Waals surface area contributed by atoms with Gasteiger partial charge in [0.25, 0.3) is 5.91 Å². The lowest BCUT2D eigenvalue weighted by atomic mass is 9.99. The van der Waals surface area contributed by atoms with Gasteiger partial charge in [-0.1, -0.05) is 15.9 Å². The second-order valence-corrected chi connectivity index (χ2v) is 6.66. The number of nitrogens with zero attached hydrogens (tertiary/aromatic N) is 1. The first-order chi connectivity index (χ1) is 9.77. The number of nitrogens with one attached hydrogen (secondary N) is 1. The third-order valence-corrected chi connectivity index (χ3v) is 4.80. The van der Waals surface area contributed by atoms with Gasteiger partial charge in [-0.05, 0) is 30.4 Å². The SMILES string of the molecule is N#CC1(NC(=O)c2ccc(Br)cc2C(F)(F)F)CCSC1. The van der Waals surface area contributed by atoms with Crippen LogP contribution in [0.2, 0.25) is 0 Å². The van der Waals surface area contributed by atoms with Crippen LogP contribution in [0.4, 0.5) is 13.2 Å². The number of benzene rings is 1. The molecule has 1 unspecified atom stereocenters. The molecule has 1 atom stereocenters. The molecular formula is C13H10BrF3N2OS. The molecular weight excluding hydrogens is 369 g/mol. The van der Waals surface area contributed by atoms with Gasteiger partial charge < -0.3 is 5.32 Å². The Kier molecular flexibility index (Phi) is 4.54. The Morgan fingerprint density at radius 1 is 1.48 bits per heavy atom. The third kappa shape index (κ3) is 3.52. The second kappa shape index (κ2) is 5.89. The predicted molar refractivity (Wildman–Crippen MR) is 76.9 cm³/mol. The molecule has 1 saturated heterocycles. The molecule has 3 nitrogen and oxygen atoms in total. The lowest BCUT2D eigenvalue weighted by Gasteiger charge is -2.22. The molecule has 0 saturated carbocycles. The molecule has 0 radical (unpaired) electrons. The first-order valence-corrected chi connectivity index (χ1v) is 7.90. The minimum absolute atomic E-state index is 0.234. The van der Waals surface area contributed by atoms with E-state index in [2.05, 4.69) is 21.2 Å². The van der Waals surface area contributed by atoms with Crippen molar-refractivity contribution in [1.82, 2.24) is 5.32 Å². The van der Waals surface area contributed by atoms with E-state index in [0.29, 0.717) is 17.9 Å². The summed E-state index contributed by atoms with van der Waals surface area (Å²) < 4.78 is 39.3. The van der Waals surface area contributed by atoms with E-state index < -0.39 is 28.7 Å². The van der Waals surface area contributed by atoms with Crippen molar-refractivity contribution in [3.05, 3.63) is 33.8 Å². The monoisotopic (exact) mass is 378 g/mol. The summed E-state index contributed by atoms with van der Waals surface area (Å²) >= 11 is 4.45. The Bertz CT molecular complexity index is 606. The number of thioether (sulfide) groups is 1. The van der Waals surface area contributed by atoms with Crippen molar-refractivity contribution >= 4 is 33.6 Å². The summed E-state index contributed by atoms with van der Waals surface area (Å²) in [5.41, 5.74) is -2.58. The van der Waals surface area contributed by atoms with E-state index >= 15 is 0 Å². The smallest absolute Gasteiger partial charge is 0.333 e. The Morgan fingerprint density at radius 3 is 2.71 bits per heavy atom. The first-order valence-electron chi connectivity index (χ1n) is 5.96. The molecule has 8 heteroatoms. The highest BCUT2D eigenvalue weighted by Gasteiger charge is 2.39. The van der Waals surface area contributed by atoms with E-state index in [1.165, 1.54) is 17.8 Å². The Morgan fingerprint density at radius 2 is 2.19 bits per heavy atom. The van der Waals surface area contributed by atoms with Crippen LogP contribution in [0, 0.1) is 11.3 Å². The first kappa shape index (κ1) is 16.2. The summed E-state index contributed by atoms with van der Waals surface area (Å²) in [5.74, 6) is 0.201. The van der Waals surface area contributed by atoms with Crippen molar-refractivity contribution in [3.8, 4) is 6.07 Å². The van der Waals surface area contributed by atoms with Gasteiger partial charge in [0, 0.05) is 10.2 Å². The zero-order valence-corrected chi connectivity index (χ0v) is 13.0. The van der Waals surface area contributed by atoms with Gasteiger partial charge in [-0.2, -0.15) is 30.2 Å². The van der Waals surface area contributed by atoms with E-state index in [4.69, 9.17) is 0 Å². The van der Waals surface area contributed by atoms with E-state index in [1.54, 1.807) is 0 Å². The van der Waals surface area contributed by atoms with Gasteiger partial charge >= 0.3 is 6.18 Å². The maximum Gasteiger partial charge on any atom is 0.417 e. The number of amides is 1. The maximum atomic E-state index is 13.0. The van der Waals surface area contributed by atoms with Crippen LogP contribution < -0.4 is 5.32 Å². The molecule has 21 heavy (non-hydrogen) atoms. The molecule has 0 bridgehead atoms. The summed E-state index contributed by atoms with van der Waals surface area (Å²) in [4.78, 5) is 12.2. The van der Waals surface area contributed by atoms with Gasteiger partial charge in [0.15, 0.2) is 0 Å². The molecule has 1 N–H and O–H groups in total. The summed E-state index contributed by atoms with van der Waals surface area (Å²) in [5, 5.41) is 11.6. The van der Waals surface area contributed by atoms with Crippen LogP contribution >= 0.6 is 27.7 Å². The summed E-state index contributed by atoms with van der Waals surface area (Å²) in [6.07, 6.45) is -4.21. The number of rotatable bonds is 2. The lowest BCUT2D eigenvalue weighted by Crippen LogP contribution is -2.47. The predicted octanol–water partition coefficient (Wildman–Crippen LogP) is 3.60. The summed E-state index contributed by atoms with van der Waals surface area (Å²) in [7, 11) is 0.